The van der Waals surface area contributed by atoms with Crippen molar-refractivity contribution in [3.63, 3.8) is 0 Å². The number of nitrogens with two attached hydrogens (primary N) is 1. The normalized spacial score (nSPS) is 18.6. The summed E-state index contributed by atoms with van der Waals surface area (Å²) in [5.74, 6) is -0.497. The van der Waals surface area contributed by atoms with Crippen LogP contribution in [-0.2, 0) is 0 Å². The highest BCUT2D eigenvalue weighted by Gasteiger charge is 2.27. The lowest BCUT2D eigenvalue weighted by Crippen LogP contribution is -2.44. The molecule has 0 bridgehead atoms. The van der Waals surface area contributed by atoms with E-state index in [4.69, 9.17) is 5.73 Å². The third kappa shape index (κ3) is 3.93. The number of carbonyl (C=O) groups is 1. The van der Waals surface area contributed by atoms with Crippen LogP contribution in [0.1, 0.15) is 36.0 Å². The van der Waals surface area contributed by atoms with Gasteiger partial charge in [-0.3, -0.25) is 4.79 Å². The zero-order valence-corrected chi connectivity index (χ0v) is 13.6. The smallest absolute Gasteiger partial charge is 0.254 e. The molecule has 1 unspecified atom stereocenters. The monoisotopic (exact) mass is 364 g/mol. The molecule has 112 valence electrons. The summed E-state index contributed by atoms with van der Waals surface area (Å²) in [4.78, 5) is 14.3. The number of nitrogens with zero attached hydrogens (tertiary/aromatic N) is 1. The molecule has 1 fully saturated rings. The van der Waals surface area contributed by atoms with Crippen molar-refractivity contribution < 1.29 is 9.18 Å². The van der Waals surface area contributed by atoms with Gasteiger partial charge in [0.15, 0.2) is 0 Å². The summed E-state index contributed by atoms with van der Waals surface area (Å²) in [7, 11) is 0. The van der Waals surface area contributed by atoms with E-state index in [2.05, 4.69) is 15.9 Å². The fraction of sp³-hybridized carbons (Fsp3) is 0.500. The number of amides is 1. The van der Waals surface area contributed by atoms with Crippen LogP contribution < -0.4 is 5.73 Å². The van der Waals surface area contributed by atoms with Crippen molar-refractivity contribution in [1.82, 2.24) is 4.90 Å². The second-order valence-electron chi connectivity index (χ2n) is 4.85. The van der Waals surface area contributed by atoms with Gasteiger partial charge in [0.25, 0.3) is 5.91 Å². The molecule has 0 saturated carbocycles. The van der Waals surface area contributed by atoms with Gasteiger partial charge >= 0.3 is 0 Å². The van der Waals surface area contributed by atoms with Crippen LogP contribution >= 0.6 is 28.3 Å². The molecule has 1 aliphatic rings. The number of piperidine rings is 1. The SMILES string of the molecule is Cl.NCCC1CCCCN1C(=O)c1ccc(Br)c(F)c1. The Morgan fingerprint density at radius 2 is 2.20 bits per heavy atom. The quantitative estimate of drug-likeness (QED) is 0.893. The molecule has 1 aromatic carbocycles. The lowest BCUT2D eigenvalue weighted by atomic mass is 9.98. The lowest BCUT2D eigenvalue weighted by molar-refractivity contribution is 0.0604. The van der Waals surface area contributed by atoms with Gasteiger partial charge in [0.2, 0.25) is 0 Å². The molecule has 0 aromatic heterocycles. The van der Waals surface area contributed by atoms with Gasteiger partial charge in [-0.25, -0.2) is 4.39 Å². The highest BCUT2D eigenvalue weighted by Crippen LogP contribution is 2.23. The first-order valence-corrected chi connectivity index (χ1v) is 7.39. The van der Waals surface area contributed by atoms with Gasteiger partial charge in [-0.05, 0) is 66.4 Å². The fourth-order valence-electron chi connectivity index (χ4n) is 2.56. The molecule has 0 spiro atoms. The largest absolute Gasteiger partial charge is 0.336 e. The van der Waals surface area contributed by atoms with E-state index in [1.165, 1.54) is 6.07 Å². The number of likely N-dealkylation sites (tertiary alicyclic amines) is 1. The van der Waals surface area contributed by atoms with Gasteiger partial charge in [0.1, 0.15) is 5.82 Å². The Morgan fingerprint density at radius 1 is 1.45 bits per heavy atom. The Morgan fingerprint density at radius 3 is 2.85 bits per heavy atom. The summed E-state index contributed by atoms with van der Waals surface area (Å²) in [6, 6.07) is 4.71. The molecule has 1 aromatic rings. The Bertz CT molecular complexity index is 470. The van der Waals surface area contributed by atoms with Gasteiger partial charge in [0.05, 0.1) is 4.47 Å². The average Bonchev–Trinajstić information content (AvgIpc) is 2.42. The number of halogens is 3. The molecule has 2 N–H and O–H groups in total. The molecule has 1 amide bonds. The third-order valence-electron chi connectivity index (χ3n) is 3.55. The number of hydrogen-bond acceptors (Lipinski definition) is 2. The molecule has 3 nitrogen and oxygen atoms in total. The first-order chi connectivity index (χ1) is 9.13. The molecule has 1 aliphatic heterocycles. The fourth-order valence-corrected chi connectivity index (χ4v) is 2.80. The van der Waals surface area contributed by atoms with Gasteiger partial charge in [0, 0.05) is 18.2 Å². The van der Waals surface area contributed by atoms with Crippen LogP contribution in [0.2, 0.25) is 0 Å². The summed E-state index contributed by atoms with van der Waals surface area (Å²) >= 11 is 3.09. The Labute approximate surface area is 133 Å². The van der Waals surface area contributed by atoms with Gasteiger partial charge in [-0.2, -0.15) is 0 Å². The van der Waals surface area contributed by atoms with Gasteiger partial charge < -0.3 is 10.6 Å². The number of benzene rings is 1. The van der Waals surface area contributed by atoms with Crippen molar-refractivity contribution in [2.24, 2.45) is 5.73 Å². The minimum Gasteiger partial charge on any atom is -0.336 e. The minimum absolute atomic E-state index is 0. The predicted octanol–water partition coefficient (Wildman–Crippen LogP) is 3.35. The summed E-state index contributed by atoms with van der Waals surface area (Å²) in [6.45, 7) is 1.31. The van der Waals surface area contributed by atoms with E-state index in [0.29, 0.717) is 16.6 Å². The first kappa shape index (κ1) is 17.4. The number of hydrogen-bond donors (Lipinski definition) is 1. The van der Waals surface area contributed by atoms with Crippen molar-refractivity contribution >= 4 is 34.2 Å². The van der Waals surface area contributed by atoms with Crippen LogP contribution in [0.5, 0.6) is 0 Å². The minimum atomic E-state index is -0.404. The maximum Gasteiger partial charge on any atom is 0.254 e. The second-order valence-corrected chi connectivity index (χ2v) is 5.71. The maximum atomic E-state index is 13.5. The van der Waals surface area contributed by atoms with Crippen molar-refractivity contribution in [3.05, 3.63) is 34.1 Å². The average molecular weight is 366 g/mol. The van der Waals surface area contributed by atoms with Crippen LogP contribution in [-0.4, -0.2) is 29.9 Å². The molecule has 2 rings (SSSR count). The standard InChI is InChI=1S/C14H18BrFN2O.ClH/c15-12-5-4-10(9-13(12)16)14(19)18-8-2-1-3-11(18)6-7-17;/h4-5,9,11H,1-3,6-8,17H2;1H. The first-order valence-electron chi connectivity index (χ1n) is 6.59. The van der Waals surface area contributed by atoms with E-state index in [1.54, 1.807) is 12.1 Å². The van der Waals surface area contributed by atoms with Crippen LogP contribution in [0, 0.1) is 5.82 Å². The molecule has 1 saturated heterocycles. The van der Waals surface area contributed by atoms with Crippen LogP contribution in [0.25, 0.3) is 0 Å². The van der Waals surface area contributed by atoms with E-state index in [9.17, 15) is 9.18 Å². The summed E-state index contributed by atoms with van der Waals surface area (Å²) < 4.78 is 13.9. The van der Waals surface area contributed by atoms with Crippen LogP contribution in [0.3, 0.4) is 0 Å². The van der Waals surface area contributed by atoms with E-state index in [-0.39, 0.29) is 24.4 Å². The Balaban J connectivity index is 0.00000200. The maximum absolute atomic E-state index is 13.5. The van der Waals surface area contributed by atoms with Gasteiger partial charge in [-0.1, -0.05) is 0 Å². The second kappa shape index (κ2) is 7.96. The highest BCUT2D eigenvalue weighted by atomic mass is 79.9. The van der Waals surface area contributed by atoms with E-state index in [1.807, 2.05) is 4.90 Å². The Hall–Kier alpha value is -0.650. The molecule has 0 aliphatic carbocycles. The molecular formula is C14H19BrClFN2O. The highest BCUT2D eigenvalue weighted by molar-refractivity contribution is 9.10. The molecule has 20 heavy (non-hydrogen) atoms. The van der Waals surface area contributed by atoms with E-state index in [0.717, 1.165) is 32.2 Å². The topological polar surface area (TPSA) is 46.3 Å². The van der Waals surface area contributed by atoms with Gasteiger partial charge in [-0.15, -0.1) is 12.4 Å². The van der Waals surface area contributed by atoms with Crippen molar-refractivity contribution in [2.45, 2.75) is 31.7 Å². The lowest BCUT2D eigenvalue weighted by Gasteiger charge is -2.35. The zero-order valence-electron chi connectivity index (χ0n) is 11.1. The molecule has 6 heteroatoms. The van der Waals surface area contributed by atoms with Crippen LogP contribution in [0.15, 0.2) is 22.7 Å². The van der Waals surface area contributed by atoms with Crippen molar-refractivity contribution in [1.29, 1.82) is 0 Å². The molecule has 1 heterocycles. The summed E-state index contributed by atoms with van der Waals surface area (Å²) in [5.41, 5.74) is 6.01. The molecule has 0 radical (unpaired) electrons. The third-order valence-corrected chi connectivity index (χ3v) is 4.20. The summed E-state index contributed by atoms with van der Waals surface area (Å²) in [5, 5.41) is 0. The van der Waals surface area contributed by atoms with E-state index >= 15 is 0 Å². The van der Waals surface area contributed by atoms with Crippen molar-refractivity contribution in [3.8, 4) is 0 Å². The number of rotatable bonds is 3. The van der Waals surface area contributed by atoms with Crippen molar-refractivity contribution in [2.75, 3.05) is 13.1 Å². The summed E-state index contributed by atoms with van der Waals surface area (Å²) in [6.07, 6.45) is 3.93. The number of carbonyl (C=O) groups excluding carboxylic acids is 1. The molecule has 1 atom stereocenters. The van der Waals surface area contributed by atoms with E-state index < -0.39 is 5.82 Å². The Kier molecular flexibility index (Phi) is 6.92. The zero-order chi connectivity index (χ0) is 13.8. The molecular weight excluding hydrogens is 347 g/mol. The van der Waals surface area contributed by atoms with Crippen LogP contribution in [0.4, 0.5) is 4.39 Å². The predicted molar refractivity (Wildman–Crippen MR) is 83.7 cm³/mol.